The van der Waals surface area contributed by atoms with Gasteiger partial charge in [0.1, 0.15) is 0 Å². The second-order valence-corrected chi connectivity index (χ2v) is 6.24. The van der Waals surface area contributed by atoms with Gasteiger partial charge in [-0.2, -0.15) is 0 Å². The Morgan fingerprint density at radius 1 is 0.900 bits per heavy atom. The zero-order valence-electron chi connectivity index (χ0n) is 14.0. The van der Waals surface area contributed by atoms with Gasteiger partial charge in [0.25, 0.3) is 0 Å². The van der Waals surface area contributed by atoms with Crippen molar-refractivity contribution in [3.8, 4) is 11.8 Å². The first-order valence-electron chi connectivity index (χ1n) is 8.68. The summed E-state index contributed by atoms with van der Waals surface area (Å²) in [6.07, 6.45) is 14.2. The predicted molar refractivity (Wildman–Crippen MR) is 88.7 cm³/mol. The first-order valence-corrected chi connectivity index (χ1v) is 8.68. The Labute approximate surface area is 126 Å². The van der Waals surface area contributed by atoms with Gasteiger partial charge in [-0.15, -0.1) is 0 Å². The largest absolute Gasteiger partial charge is 0.285 e. The van der Waals surface area contributed by atoms with Crippen LogP contribution in [0.3, 0.4) is 0 Å². The van der Waals surface area contributed by atoms with E-state index in [-0.39, 0.29) is 5.78 Å². The molecule has 0 rings (SSSR count). The average Bonchev–Trinajstić information content (AvgIpc) is 2.40. The van der Waals surface area contributed by atoms with E-state index in [2.05, 4.69) is 32.6 Å². The van der Waals surface area contributed by atoms with E-state index in [1.807, 2.05) is 0 Å². The molecule has 0 bridgehead atoms. The number of carbonyl (C=O) groups excluding carboxylic acids is 1. The summed E-state index contributed by atoms with van der Waals surface area (Å²) in [6, 6.07) is 0. The van der Waals surface area contributed by atoms with Crippen molar-refractivity contribution in [2.45, 2.75) is 97.8 Å². The van der Waals surface area contributed by atoms with Crippen molar-refractivity contribution >= 4 is 5.78 Å². The molecule has 1 heteroatoms. The van der Waals surface area contributed by atoms with Crippen LogP contribution in [-0.2, 0) is 4.79 Å². The molecular weight excluding hydrogens is 244 g/mol. The fourth-order valence-corrected chi connectivity index (χ4v) is 2.24. The van der Waals surface area contributed by atoms with E-state index in [4.69, 9.17) is 0 Å². The third kappa shape index (κ3) is 15.3. The van der Waals surface area contributed by atoms with Crippen molar-refractivity contribution in [1.29, 1.82) is 0 Å². The second-order valence-electron chi connectivity index (χ2n) is 6.24. The van der Waals surface area contributed by atoms with Crippen LogP contribution in [0.2, 0.25) is 0 Å². The maximum Gasteiger partial charge on any atom is 0.205 e. The fourth-order valence-electron chi connectivity index (χ4n) is 2.24. The maximum absolute atomic E-state index is 11.5. The Kier molecular flexibility index (Phi) is 14.1. The smallest absolute Gasteiger partial charge is 0.205 e. The fraction of sp³-hybridized carbons (Fsp3) is 0.842. The molecule has 0 radical (unpaired) electrons. The topological polar surface area (TPSA) is 17.1 Å². The van der Waals surface area contributed by atoms with E-state index in [0.717, 1.165) is 25.7 Å². The van der Waals surface area contributed by atoms with E-state index in [1.54, 1.807) is 0 Å². The van der Waals surface area contributed by atoms with Gasteiger partial charge in [0.15, 0.2) is 0 Å². The summed E-state index contributed by atoms with van der Waals surface area (Å²) >= 11 is 0. The summed E-state index contributed by atoms with van der Waals surface area (Å²) in [5.41, 5.74) is 0. The molecule has 0 aliphatic carbocycles. The molecule has 0 atom stereocenters. The molecule has 0 aromatic rings. The molecule has 0 aliphatic rings. The maximum atomic E-state index is 11.5. The molecule has 0 heterocycles. The Bertz CT molecular complexity index is 280. The van der Waals surface area contributed by atoms with E-state index < -0.39 is 0 Å². The van der Waals surface area contributed by atoms with Gasteiger partial charge in [-0.3, -0.25) is 4.79 Å². The molecule has 0 aromatic heterocycles. The minimum atomic E-state index is 0.130. The van der Waals surface area contributed by atoms with Gasteiger partial charge in [0, 0.05) is 12.8 Å². The highest BCUT2D eigenvalue weighted by Gasteiger charge is 1.98. The summed E-state index contributed by atoms with van der Waals surface area (Å²) in [5, 5.41) is 0. The van der Waals surface area contributed by atoms with Gasteiger partial charge in [-0.05, 0) is 24.7 Å². The van der Waals surface area contributed by atoms with Crippen LogP contribution in [0, 0.1) is 17.8 Å². The number of ketones is 1. The summed E-state index contributed by atoms with van der Waals surface area (Å²) in [4.78, 5) is 11.5. The van der Waals surface area contributed by atoms with Gasteiger partial charge >= 0.3 is 0 Å². The molecule has 0 saturated heterocycles. The molecule has 116 valence electrons. The van der Waals surface area contributed by atoms with Crippen molar-refractivity contribution in [3.05, 3.63) is 0 Å². The van der Waals surface area contributed by atoms with E-state index >= 15 is 0 Å². The number of rotatable bonds is 12. The molecule has 20 heavy (non-hydrogen) atoms. The minimum Gasteiger partial charge on any atom is -0.285 e. The van der Waals surface area contributed by atoms with Crippen LogP contribution in [0.1, 0.15) is 97.8 Å². The van der Waals surface area contributed by atoms with Crippen molar-refractivity contribution in [1.82, 2.24) is 0 Å². The van der Waals surface area contributed by atoms with Crippen LogP contribution in [0.15, 0.2) is 0 Å². The number of Topliss-reactive ketones (excluding diaryl/α,β-unsaturated/α-hetero) is 1. The highest BCUT2D eigenvalue weighted by atomic mass is 16.1. The Morgan fingerprint density at radius 2 is 1.50 bits per heavy atom. The van der Waals surface area contributed by atoms with Crippen molar-refractivity contribution in [2.75, 3.05) is 0 Å². The summed E-state index contributed by atoms with van der Waals surface area (Å²) < 4.78 is 0. The van der Waals surface area contributed by atoms with Crippen molar-refractivity contribution < 1.29 is 4.79 Å². The molecule has 0 unspecified atom stereocenters. The quantitative estimate of drug-likeness (QED) is 0.246. The molecule has 0 spiro atoms. The van der Waals surface area contributed by atoms with E-state index in [0.29, 0.717) is 12.3 Å². The Balaban J connectivity index is 3.33. The number of carbonyl (C=O) groups is 1. The number of hydrogen-bond acceptors (Lipinski definition) is 1. The lowest BCUT2D eigenvalue weighted by Gasteiger charge is -2.00. The molecule has 0 aromatic carbocycles. The standard InChI is InChI=1S/C19H34O/c1-4-5-6-7-8-9-10-11-12-13-16-19(20)17-14-15-18(2)3/h18H,4-12,14-15,17H2,1-3H3. The van der Waals surface area contributed by atoms with Gasteiger partial charge in [0.2, 0.25) is 5.78 Å². The average molecular weight is 278 g/mol. The highest BCUT2D eigenvalue weighted by molar-refractivity contribution is 5.95. The molecule has 1 nitrogen and oxygen atoms in total. The number of hydrogen-bond donors (Lipinski definition) is 0. The molecule has 0 fully saturated rings. The Hall–Kier alpha value is -0.770. The first kappa shape index (κ1) is 19.2. The zero-order valence-corrected chi connectivity index (χ0v) is 14.0. The predicted octanol–water partition coefficient (Wildman–Crippen LogP) is 5.92. The minimum absolute atomic E-state index is 0.130. The lowest BCUT2D eigenvalue weighted by molar-refractivity contribution is -0.113. The molecule has 0 N–H and O–H groups in total. The summed E-state index contributed by atoms with van der Waals surface area (Å²) in [7, 11) is 0. The SMILES string of the molecule is CCCCCCCCCCC#CC(=O)CCCC(C)C. The van der Waals surface area contributed by atoms with Crippen molar-refractivity contribution in [2.24, 2.45) is 5.92 Å². The number of unbranched alkanes of at least 4 members (excludes halogenated alkanes) is 8. The molecular formula is C19H34O. The van der Waals surface area contributed by atoms with Crippen LogP contribution in [0.4, 0.5) is 0 Å². The van der Waals surface area contributed by atoms with Crippen LogP contribution in [-0.4, -0.2) is 5.78 Å². The van der Waals surface area contributed by atoms with Crippen LogP contribution < -0.4 is 0 Å². The van der Waals surface area contributed by atoms with Gasteiger partial charge in [0.05, 0.1) is 0 Å². The lowest BCUT2D eigenvalue weighted by atomic mass is 10.0. The van der Waals surface area contributed by atoms with Gasteiger partial charge in [-0.1, -0.05) is 78.1 Å². The zero-order chi connectivity index (χ0) is 15.1. The monoisotopic (exact) mass is 278 g/mol. The molecule has 0 aliphatic heterocycles. The Morgan fingerprint density at radius 3 is 2.10 bits per heavy atom. The van der Waals surface area contributed by atoms with Crippen LogP contribution in [0.25, 0.3) is 0 Å². The third-order valence-electron chi connectivity index (χ3n) is 3.57. The van der Waals surface area contributed by atoms with E-state index in [9.17, 15) is 4.79 Å². The summed E-state index contributed by atoms with van der Waals surface area (Å²) in [5.74, 6) is 6.64. The van der Waals surface area contributed by atoms with Gasteiger partial charge < -0.3 is 0 Å². The normalized spacial score (nSPS) is 10.4. The second kappa shape index (κ2) is 14.6. The van der Waals surface area contributed by atoms with Crippen LogP contribution >= 0.6 is 0 Å². The first-order chi connectivity index (χ1) is 9.66. The van der Waals surface area contributed by atoms with Crippen molar-refractivity contribution in [3.63, 3.8) is 0 Å². The summed E-state index contributed by atoms with van der Waals surface area (Å²) in [6.45, 7) is 6.64. The molecule has 0 saturated carbocycles. The van der Waals surface area contributed by atoms with Gasteiger partial charge in [-0.25, -0.2) is 0 Å². The van der Waals surface area contributed by atoms with E-state index in [1.165, 1.54) is 44.9 Å². The van der Waals surface area contributed by atoms with Crippen LogP contribution in [0.5, 0.6) is 0 Å². The lowest BCUT2D eigenvalue weighted by Crippen LogP contribution is -1.95. The molecule has 0 amide bonds. The highest BCUT2D eigenvalue weighted by Crippen LogP contribution is 2.09. The third-order valence-corrected chi connectivity index (χ3v) is 3.57.